The third-order valence-corrected chi connectivity index (χ3v) is 4.53. The zero-order valence-electron chi connectivity index (χ0n) is 16.6. The van der Waals surface area contributed by atoms with Crippen molar-refractivity contribution in [3.8, 4) is 0 Å². The molecule has 0 aromatic heterocycles. The lowest BCUT2D eigenvalue weighted by Gasteiger charge is -2.32. The minimum atomic E-state index is -0.469. The van der Waals surface area contributed by atoms with Gasteiger partial charge in [-0.25, -0.2) is 4.79 Å². The van der Waals surface area contributed by atoms with Crippen molar-refractivity contribution in [1.82, 2.24) is 14.7 Å². The van der Waals surface area contributed by atoms with Gasteiger partial charge in [0.1, 0.15) is 5.60 Å². The number of piperazine rings is 1. The highest BCUT2D eigenvalue weighted by molar-refractivity contribution is 5.67. The topological polar surface area (TPSA) is 36.0 Å². The lowest BCUT2D eigenvalue weighted by Crippen LogP contribution is -2.43. The first-order valence-electron chi connectivity index (χ1n) is 9.07. The maximum atomic E-state index is 12.2. The summed E-state index contributed by atoms with van der Waals surface area (Å²) < 4.78 is 5.45. The first-order chi connectivity index (χ1) is 11.6. The molecule has 0 atom stereocenters. The normalized spacial score (nSPS) is 16.7. The van der Waals surface area contributed by atoms with Crippen LogP contribution in [0, 0.1) is 6.92 Å². The number of carbonyl (C=O) groups is 1. The fraction of sp³-hybridized carbons (Fsp3) is 0.650. The van der Waals surface area contributed by atoms with Gasteiger partial charge in [-0.3, -0.25) is 4.90 Å². The van der Waals surface area contributed by atoms with E-state index in [-0.39, 0.29) is 6.09 Å². The molecule has 0 spiro atoms. The van der Waals surface area contributed by atoms with Crippen LogP contribution in [-0.2, 0) is 17.8 Å². The molecule has 0 N–H and O–H groups in total. The summed E-state index contributed by atoms with van der Waals surface area (Å²) in [6.45, 7) is 13.8. The van der Waals surface area contributed by atoms with Gasteiger partial charge in [-0.05, 0) is 51.4 Å². The van der Waals surface area contributed by atoms with Crippen LogP contribution in [0.3, 0.4) is 0 Å². The summed E-state index contributed by atoms with van der Waals surface area (Å²) >= 11 is 0. The maximum Gasteiger partial charge on any atom is 0.410 e. The number of benzene rings is 1. The second kappa shape index (κ2) is 8.19. The van der Waals surface area contributed by atoms with Gasteiger partial charge in [-0.2, -0.15) is 0 Å². The lowest BCUT2D eigenvalue weighted by molar-refractivity contribution is 0.0285. The molecular weight excluding hydrogens is 314 g/mol. The van der Waals surface area contributed by atoms with E-state index in [1.54, 1.807) is 11.9 Å². The third kappa shape index (κ3) is 6.33. The van der Waals surface area contributed by atoms with E-state index in [0.717, 1.165) is 32.7 Å². The van der Waals surface area contributed by atoms with Gasteiger partial charge in [-0.15, -0.1) is 0 Å². The number of ether oxygens (including phenoxy) is 1. The Labute approximate surface area is 152 Å². The number of aryl methyl sites for hydroxylation is 1. The fourth-order valence-corrected chi connectivity index (χ4v) is 2.92. The van der Waals surface area contributed by atoms with Crippen molar-refractivity contribution < 1.29 is 9.53 Å². The number of rotatable bonds is 4. The Morgan fingerprint density at radius 3 is 2.44 bits per heavy atom. The standard InChI is InChI=1S/C20H33N3O2/c1-16-7-8-17(14-23-11-9-21(5)10-12-23)13-18(16)15-22(6)19(24)25-20(2,3)4/h7-8,13H,9-12,14-15H2,1-6H3. The summed E-state index contributed by atoms with van der Waals surface area (Å²) in [5.74, 6) is 0. The van der Waals surface area contributed by atoms with Crippen molar-refractivity contribution in [3.05, 3.63) is 34.9 Å². The molecule has 1 heterocycles. The molecule has 2 rings (SSSR count). The molecule has 1 aliphatic heterocycles. The van der Waals surface area contributed by atoms with Gasteiger partial charge in [0.05, 0.1) is 0 Å². The first kappa shape index (κ1) is 19.7. The smallest absolute Gasteiger partial charge is 0.410 e. The van der Waals surface area contributed by atoms with Crippen LogP contribution in [0.5, 0.6) is 0 Å². The Balaban J connectivity index is 1.99. The molecule has 0 saturated carbocycles. The van der Waals surface area contributed by atoms with Gasteiger partial charge in [0.2, 0.25) is 0 Å². The summed E-state index contributed by atoms with van der Waals surface area (Å²) in [5, 5.41) is 0. The molecule has 1 fully saturated rings. The average molecular weight is 348 g/mol. The summed E-state index contributed by atoms with van der Waals surface area (Å²) in [6.07, 6.45) is -0.281. The fourth-order valence-electron chi connectivity index (χ4n) is 2.92. The molecule has 1 aromatic carbocycles. The van der Waals surface area contributed by atoms with E-state index in [9.17, 15) is 4.79 Å². The van der Waals surface area contributed by atoms with Gasteiger partial charge in [0.25, 0.3) is 0 Å². The van der Waals surface area contributed by atoms with Crippen molar-refractivity contribution in [3.63, 3.8) is 0 Å². The quantitative estimate of drug-likeness (QED) is 0.838. The van der Waals surface area contributed by atoms with Gasteiger partial charge in [0, 0.05) is 46.3 Å². The zero-order chi connectivity index (χ0) is 18.6. The van der Waals surface area contributed by atoms with Gasteiger partial charge in [0.15, 0.2) is 0 Å². The highest BCUT2D eigenvalue weighted by atomic mass is 16.6. The monoisotopic (exact) mass is 347 g/mol. The summed E-state index contributed by atoms with van der Waals surface area (Å²) in [5.41, 5.74) is 3.23. The van der Waals surface area contributed by atoms with E-state index < -0.39 is 5.60 Å². The Bertz CT molecular complexity index is 587. The second-order valence-corrected chi connectivity index (χ2v) is 8.18. The van der Waals surface area contributed by atoms with Gasteiger partial charge < -0.3 is 14.5 Å². The Hall–Kier alpha value is -1.59. The number of hydrogen-bond acceptors (Lipinski definition) is 4. The predicted octanol–water partition coefficient (Wildman–Crippen LogP) is 3.11. The summed E-state index contributed by atoms with van der Waals surface area (Å²) in [6, 6.07) is 6.59. The molecule has 25 heavy (non-hydrogen) atoms. The largest absolute Gasteiger partial charge is 0.444 e. The molecule has 1 aromatic rings. The molecule has 0 unspecified atom stereocenters. The Morgan fingerprint density at radius 1 is 1.20 bits per heavy atom. The third-order valence-electron chi connectivity index (χ3n) is 4.53. The molecule has 140 valence electrons. The average Bonchev–Trinajstić information content (AvgIpc) is 2.51. The SMILES string of the molecule is Cc1ccc(CN2CCN(C)CC2)cc1CN(C)C(=O)OC(C)(C)C. The van der Waals surface area contributed by atoms with Gasteiger partial charge >= 0.3 is 6.09 Å². The minimum Gasteiger partial charge on any atom is -0.444 e. The van der Waals surface area contributed by atoms with E-state index >= 15 is 0 Å². The first-order valence-corrected chi connectivity index (χ1v) is 9.07. The molecule has 5 nitrogen and oxygen atoms in total. The van der Waals surface area contributed by atoms with Crippen molar-refractivity contribution in [2.75, 3.05) is 40.3 Å². The van der Waals surface area contributed by atoms with E-state index in [1.165, 1.54) is 16.7 Å². The van der Waals surface area contributed by atoms with E-state index in [0.29, 0.717) is 6.54 Å². The Morgan fingerprint density at radius 2 is 1.84 bits per heavy atom. The Kier molecular flexibility index (Phi) is 6.47. The van der Waals surface area contributed by atoms with Crippen molar-refractivity contribution in [2.45, 2.75) is 46.4 Å². The zero-order valence-corrected chi connectivity index (χ0v) is 16.6. The number of hydrogen-bond donors (Lipinski definition) is 0. The highest BCUT2D eigenvalue weighted by Crippen LogP contribution is 2.17. The second-order valence-electron chi connectivity index (χ2n) is 8.18. The minimum absolute atomic E-state index is 0.281. The summed E-state index contributed by atoms with van der Waals surface area (Å²) in [4.78, 5) is 18.7. The predicted molar refractivity (Wildman–Crippen MR) is 102 cm³/mol. The van der Waals surface area contributed by atoms with Crippen LogP contribution in [0.25, 0.3) is 0 Å². The number of nitrogens with zero attached hydrogens (tertiary/aromatic N) is 3. The van der Waals surface area contributed by atoms with Gasteiger partial charge in [-0.1, -0.05) is 18.2 Å². The molecule has 5 heteroatoms. The van der Waals surface area contributed by atoms with E-state index in [2.05, 4.69) is 42.0 Å². The molecule has 1 saturated heterocycles. The number of carbonyl (C=O) groups excluding carboxylic acids is 1. The van der Waals surface area contributed by atoms with E-state index in [4.69, 9.17) is 4.74 Å². The lowest BCUT2D eigenvalue weighted by atomic mass is 10.0. The van der Waals surface area contributed by atoms with Crippen molar-refractivity contribution in [1.29, 1.82) is 0 Å². The van der Waals surface area contributed by atoms with Crippen LogP contribution in [0.4, 0.5) is 4.79 Å². The van der Waals surface area contributed by atoms with Crippen molar-refractivity contribution >= 4 is 6.09 Å². The number of amides is 1. The van der Waals surface area contributed by atoms with Crippen LogP contribution in [-0.4, -0.2) is 66.7 Å². The molecule has 0 bridgehead atoms. The summed E-state index contributed by atoms with van der Waals surface area (Å²) in [7, 11) is 3.97. The van der Waals surface area contributed by atoms with Crippen molar-refractivity contribution in [2.24, 2.45) is 0 Å². The van der Waals surface area contributed by atoms with Crippen LogP contribution < -0.4 is 0 Å². The maximum absolute atomic E-state index is 12.2. The molecule has 1 aliphatic rings. The van der Waals surface area contributed by atoms with Crippen LogP contribution in [0.1, 0.15) is 37.5 Å². The molecule has 0 aliphatic carbocycles. The van der Waals surface area contributed by atoms with Crippen LogP contribution in [0.15, 0.2) is 18.2 Å². The molecule has 0 radical (unpaired) electrons. The van der Waals surface area contributed by atoms with Crippen LogP contribution in [0.2, 0.25) is 0 Å². The van der Waals surface area contributed by atoms with E-state index in [1.807, 2.05) is 20.8 Å². The number of likely N-dealkylation sites (N-methyl/N-ethyl adjacent to an activating group) is 1. The highest BCUT2D eigenvalue weighted by Gasteiger charge is 2.20. The molecular formula is C20H33N3O2. The van der Waals surface area contributed by atoms with Crippen LogP contribution >= 0.6 is 0 Å². The molecule has 1 amide bonds.